The van der Waals surface area contributed by atoms with Gasteiger partial charge in [0.05, 0.1) is 11.4 Å². The summed E-state index contributed by atoms with van der Waals surface area (Å²) in [5, 5.41) is 3.63. The molecule has 0 radical (unpaired) electrons. The van der Waals surface area contributed by atoms with Crippen molar-refractivity contribution in [1.82, 2.24) is 4.90 Å². The van der Waals surface area contributed by atoms with Crippen LogP contribution in [-0.2, 0) is 0 Å². The van der Waals surface area contributed by atoms with Crippen LogP contribution in [-0.4, -0.2) is 29.1 Å². The average molecular weight is 342 g/mol. The molecule has 0 saturated carbocycles. The quantitative estimate of drug-likeness (QED) is 0.571. The first kappa shape index (κ1) is 18.3. The third-order valence-electron chi connectivity index (χ3n) is 5.95. The van der Waals surface area contributed by atoms with Gasteiger partial charge < -0.3 is 11.1 Å². The molecule has 3 heteroatoms. The standard InChI is InChI=1S/C22H35N3/c1-17(24-22-13-9-8-12-21(22)23)16-20-15-14-18(2)25(20)19-10-6-4-3-5-7-11-19/h6,8-10,12-13,17-20,24H,3-5,7,11,14-16,23H2,1-2H3/b10-6-/t17-,18?,19?,20-/m0/s1. The van der Waals surface area contributed by atoms with Crippen LogP contribution >= 0.6 is 0 Å². The van der Waals surface area contributed by atoms with Crippen LogP contribution in [0.4, 0.5) is 11.4 Å². The maximum Gasteiger partial charge on any atom is 0.0575 e. The topological polar surface area (TPSA) is 41.3 Å². The summed E-state index contributed by atoms with van der Waals surface area (Å²) in [4.78, 5) is 2.81. The normalized spacial score (nSPS) is 30.4. The summed E-state index contributed by atoms with van der Waals surface area (Å²) in [5.74, 6) is 0. The Bertz CT molecular complexity index is 568. The summed E-state index contributed by atoms with van der Waals surface area (Å²) in [5.41, 5.74) is 8.00. The highest BCUT2D eigenvalue weighted by Gasteiger charge is 2.35. The molecule has 138 valence electrons. The van der Waals surface area contributed by atoms with Crippen molar-refractivity contribution in [3.63, 3.8) is 0 Å². The van der Waals surface area contributed by atoms with E-state index in [2.05, 4.69) is 48.3 Å². The molecule has 1 fully saturated rings. The monoisotopic (exact) mass is 341 g/mol. The molecular weight excluding hydrogens is 306 g/mol. The SMILES string of the molecule is CC1CC[C@@H](C[C@H](C)Nc2ccccc2N)N1C1/C=C\CCCCC1. The van der Waals surface area contributed by atoms with E-state index in [0.717, 1.165) is 11.4 Å². The van der Waals surface area contributed by atoms with Crippen LogP contribution < -0.4 is 11.1 Å². The number of benzene rings is 1. The number of nitrogens with one attached hydrogen (secondary N) is 1. The number of nitrogens with zero attached hydrogens (tertiary/aromatic N) is 1. The number of nitrogen functional groups attached to an aromatic ring is 1. The fourth-order valence-electron chi connectivity index (χ4n) is 4.68. The van der Waals surface area contributed by atoms with Crippen LogP contribution in [0, 0.1) is 0 Å². The maximum atomic E-state index is 6.09. The Balaban J connectivity index is 1.63. The van der Waals surface area contributed by atoms with E-state index in [9.17, 15) is 0 Å². The predicted molar refractivity (Wildman–Crippen MR) is 109 cm³/mol. The number of rotatable bonds is 5. The molecule has 0 spiro atoms. The molecule has 3 rings (SSSR count). The molecule has 0 aromatic heterocycles. The van der Waals surface area contributed by atoms with Gasteiger partial charge in [-0.2, -0.15) is 0 Å². The van der Waals surface area contributed by atoms with Crippen molar-refractivity contribution in [2.45, 2.75) is 89.4 Å². The zero-order valence-corrected chi connectivity index (χ0v) is 16.0. The molecule has 1 heterocycles. The Labute approximate surface area is 153 Å². The first-order chi connectivity index (χ1) is 12.1. The molecular formula is C22H35N3. The molecule has 1 aliphatic carbocycles. The molecule has 1 aliphatic heterocycles. The van der Waals surface area contributed by atoms with Gasteiger partial charge in [0.25, 0.3) is 0 Å². The van der Waals surface area contributed by atoms with Crippen molar-refractivity contribution in [3.05, 3.63) is 36.4 Å². The lowest BCUT2D eigenvalue weighted by Gasteiger charge is -2.36. The molecule has 25 heavy (non-hydrogen) atoms. The van der Waals surface area contributed by atoms with Gasteiger partial charge in [0.1, 0.15) is 0 Å². The average Bonchev–Trinajstić information content (AvgIpc) is 2.90. The lowest BCUT2D eigenvalue weighted by atomic mass is 9.98. The number of anilines is 2. The first-order valence-electron chi connectivity index (χ1n) is 10.2. The van der Waals surface area contributed by atoms with E-state index in [1.807, 2.05) is 12.1 Å². The molecule has 1 saturated heterocycles. The lowest BCUT2D eigenvalue weighted by Crippen LogP contribution is -2.44. The van der Waals surface area contributed by atoms with Crippen LogP contribution in [0.3, 0.4) is 0 Å². The van der Waals surface area contributed by atoms with Gasteiger partial charge >= 0.3 is 0 Å². The third kappa shape index (κ3) is 4.78. The minimum Gasteiger partial charge on any atom is -0.397 e. The van der Waals surface area contributed by atoms with E-state index in [1.165, 1.54) is 51.4 Å². The van der Waals surface area contributed by atoms with E-state index < -0.39 is 0 Å². The second-order valence-electron chi connectivity index (χ2n) is 8.03. The van der Waals surface area contributed by atoms with Crippen LogP contribution in [0.1, 0.15) is 65.2 Å². The van der Waals surface area contributed by atoms with Gasteiger partial charge in [0.15, 0.2) is 0 Å². The smallest absolute Gasteiger partial charge is 0.0575 e. The molecule has 0 amide bonds. The molecule has 2 aliphatic rings. The fraction of sp³-hybridized carbons (Fsp3) is 0.636. The molecule has 0 bridgehead atoms. The zero-order valence-electron chi connectivity index (χ0n) is 16.0. The van der Waals surface area contributed by atoms with Crippen LogP contribution in [0.15, 0.2) is 36.4 Å². The largest absolute Gasteiger partial charge is 0.397 e. The molecule has 4 atom stereocenters. The van der Waals surface area contributed by atoms with Crippen molar-refractivity contribution in [2.24, 2.45) is 0 Å². The van der Waals surface area contributed by atoms with Gasteiger partial charge in [-0.1, -0.05) is 37.1 Å². The Hall–Kier alpha value is -1.48. The highest BCUT2D eigenvalue weighted by molar-refractivity contribution is 5.65. The predicted octanol–water partition coefficient (Wildman–Crippen LogP) is 5.20. The minimum atomic E-state index is 0.431. The minimum absolute atomic E-state index is 0.431. The van der Waals surface area contributed by atoms with E-state index in [4.69, 9.17) is 5.73 Å². The molecule has 3 nitrogen and oxygen atoms in total. The Morgan fingerprint density at radius 1 is 1.16 bits per heavy atom. The summed E-state index contributed by atoms with van der Waals surface area (Å²) < 4.78 is 0. The summed E-state index contributed by atoms with van der Waals surface area (Å²) in [7, 11) is 0. The highest BCUT2D eigenvalue weighted by Crippen LogP contribution is 2.33. The summed E-state index contributed by atoms with van der Waals surface area (Å²) in [6.07, 6.45) is 15.5. The van der Waals surface area contributed by atoms with Crippen LogP contribution in [0.2, 0.25) is 0 Å². The van der Waals surface area contributed by atoms with Crippen molar-refractivity contribution in [1.29, 1.82) is 0 Å². The van der Waals surface area contributed by atoms with Crippen molar-refractivity contribution >= 4 is 11.4 Å². The number of para-hydroxylation sites is 2. The summed E-state index contributed by atoms with van der Waals surface area (Å²) >= 11 is 0. The van der Waals surface area contributed by atoms with Crippen LogP contribution in [0.25, 0.3) is 0 Å². The van der Waals surface area contributed by atoms with Crippen molar-refractivity contribution in [2.75, 3.05) is 11.1 Å². The van der Waals surface area contributed by atoms with Crippen LogP contribution in [0.5, 0.6) is 0 Å². The Morgan fingerprint density at radius 2 is 2.00 bits per heavy atom. The highest BCUT2D eigenvalue weighted by atomic mass is 15.2. The van der Waals surface area contributed by atoms with E-state index >= 15 is 0 Å². The fourth-order valence-corrected chi connectivity index (χ4v) is 4.68. The van der Waals surface area contributed by atoms with E-state index in [-0.39, 0.29) is 0 Å². The van der Waals surface area contributed by atoms with Gasteiger partial charge in [0, 0.05) is 24.2 Å². The van der Waals surface area contributed by atoms with E-state index in [0.29, 0.717) is 24.2 Å². The van der Waals surface area contributed by atoms with Gasteiger partial charge in [-0.25, -0.2) is 0 Å². The van der Waals surface area contributed by atoms with Crippen molar-refractivity contribution in [3.8, 4) is 0 Å². The lowest BCUT2D eigenvalue weighted by molar-refractivity contribution is 0.144. The number of hydrogen-bond donors (Lipinski definition) is 2. The summed E-state index contributed by atoms with van der Waals surface area (Å²) in [6.45, 7) is 4.71. The van der Waals surface area contributed by atoms with E-state index in [1.54, 1.807) is 0 Å². The Morgan fingerprint density at radius 3 is 2.84 bits per heavy atom. The number of hydrogen-bond acceptors (Lipinski definition) is 3. The molecule has 1 aromatic rings. The second kappa shape index (κ2) is 8.75. The Kier molecular flexibility index (Phi) is 6.41. The zero-order chi connectivity index (χ0) is 17.6. The number of allylic oxidation sites excluding steroid dienone is 1. The molecule has 1 aromatic carbocycles. The van der Waals surface area contributed by atoms with Gasteiger partial charge in [-0.15, -0.1) is 0 Å². The number of likely N-dealkylation sites (tertiary alicyclic amines) is 1. The van der Waals surface area contributed by atoms with Gasteiger partial charge in [-0.05, 0) is 64.5 Å². The molecule has 3 N–H and O–H groups in total. The first-order valence-corrected chi connectivity index (χ1v) is 10.2. The molecule has 2 unspecified atom stereocenters. The second-order valence-corrected chi connectivity index (χ2v) is 8.03. The number of nitrogens with two attached hydrogens (primary N) is 1. The van der Waals surface area contributed by atoms with Gasteiger partial charge in [-0.3, -0.25) is 4.90 Å². The van der Waals surface area contributed by atoms with Gasteiger partial charge in [0.2, 0.25) is 0 Å². The van der Waals surface area contributed by atoms with Crippen molar-refractivity contribution < 1.29 is 0 Å². The third-order valence-corrected chi connectivity index (χ3v) is 5.95. The maximum absolute atomic E-state index is 6.09. The summed E-state index contributed by atoms with van der Waals surface area (Å²) in [6, 6.07) is 10.5.